The smallest absolute Gasteiger partial charge is 0.221 e. The molecule has 0 bridgehead atoms. The first-order chi connectivity index (χ1) is 10.1. The summed E-state index contributed by atoms with van der Waals surface area (Å²) < 4.78 is 5.60. The number of hydrogen-bond acceptors (Lipinski definition) is 5. The number of carbonyl (C=O) groups excluding carboxylic acids is 1. The van der Waals surface area contributed by atoms with Gasteiger partial charge in [-0.05, 0) is 13.1 Å². The lowest BCUT2D eigenvalue weighted by Gasteiger charge is -2.21. The molecule has 0 aliphatic rings. The van der Waals surface area contributed by atoms with E-state index in [4.69, 9.17) is 10.5 Å². The molecule has 0 aromatic heterocycles. The molecule has 1 amide bonds. The lowest BCUT2D eigenvalue weighted by Crippen LogP contribution is -2.35. The van der Waals surface area contributed by atoms with Gasteiger partial charge in [0.1, 0.15) is 18.5 Å². The maximum absolute atomic E-state index is 11.1. The Morgan fingerprint density at radius 1 is 1.48 bits per heavy atom. The van der Waals surface area contributed by atoms with Crippen LogP contribution in [0.25, 0.3) is 0 Å². The third kappa shape index (κ3) is 6.57. The molecule has 0 fully saturated rings. The van der Waals surface area contributed by atoms with Crippen LogP contribution in [0.4, 0.5) is 0 Å². The van der Waals surface area contributed by atoms with E-state index < -0.39 is 6.10 Å². The van der Waals surface area contributed by atoms with Crippen LogP contribution >= 0.6 is 0 Å². The molecule has 0 saturated heterocycles. The summed E-state index contributed by atoms with van der Waals surface area (Å²) >= 11 is 0. The van der Waals surface area contributed by atoms with Gasteiger partial charge in [-0.2, -0.15) is 0 Å². The molecule has 1 rings (SSSR count). The summed E-state index contributed by atoms with van der Waals surface area (Å²) in [5, 5.41) is 12.5. The number of ether oxygens (including phenoxy) is 1. The van der Waals surface area contributed by atoms with Crippen molar-refractivity contribution in [2.24, 2.45) is 5.73 Å². The van der Waals surface area contributed by atoms with Crippen LogP contribution < -0.4 is 15.8 Å². The monoisotopic (exact) mass is 295 g/mol. The molecule has 0 aliphatic carbocycles. The Hall–Kier alpha value is -1.63. The van der Waals surface area contributed by atoms with Crippen molar-refractivity contribution < 1.29 is 14.6 Å². The van der Waals surface area contributed by atoms with E-state index in [1.165, 1.54) is 0 Å². The molecule has 0 heterocycles. The largest absolute Gasteiger partial charge is 0.491 e. The Morgan fingerprint density at radius 3 is 2.86 bits per heavy atom. The summed E-state index contributed by atoms with van der Waals surface area (Å²) in [5.41, 5.74) is 6.54. The highest BCUT2D eigenvalue weighted by molar-refractivity contribution is 5.75. The highest BCUT2D eigenvalue weighted by Gasteiger charge is 2.11. The SMILES string of the molecule is CNC(=O)CCN(C)CC(O)COc1ccccc1CN. The molecular formula is C15H25N3O3. The minimum atomic E-state index is -0.620. The first-order valence-electron chi connectivity index (χ1n) is 7.04. The fourth-order valence-electron chi connectivity index (χ4n) is 1.92. The minimum absolute atomic E-state index is 0.00976. The van der Waals surface area contributed by atoms with E-state index in [1.807, 2.05) is 36.2 Å². The molecule has 6 nitrogen and oxygen atoms in total. The van der Waals surface area contributed by atoms with E-state index in [0.717, 1.165) is 5.56 Å². The number of para-hydroxylation sites is 1. The van der Waals surface area contributed by atoms with Gasteiger partial charge in [0.05, 0.1) is 0 Å². The number of nitrogens with zero attached hydrogens (tertiary/aromatic N) is 1. The average Bonchev–Trinajstić information content (AvgIpc) is 2.50. The molecule has 118 valence electrons. The standard InChI is InChI=1S/C15H25N3O3/c1-17-15(20)7-8-18(2)10-13(19)11-21-14-6-4-3-5-12(14)9-16/h3-6,13,19H,7-11,16H2,1-2H3,(H,17,20). The Balaban J connectivity index is 2.33. The molecule has 0 saturated carbocycles. The van der Waals surface area contributed by atoms with Crippen LogP contribution in [0.5, 0.6) is 5.75 Å². The molecule has 0 aliphatic heterocycles. The molecular weight excluding hydrogens is 270 g/mol. The average molecular weight is 295 g/mol. The molecule has 1 unspecified atom stereocenters. The normalized spacial score (nSPS) is 12.2. The zero-order valence-corrected chi connectivity index (χ0v) is 12.7. The molecule has 0 radical (unpaired) electrons. The molecule has 1 atom stereocenters. The van der Waals surface area contributed by atoms with Crippen molar-refractivity contribution in [3.63, 3.8) is 0 Å². The van der Waals surface area contributed by atoms with Gasteiger partial charge in [-0.3, -0.25) is 4.79 Å². The van der Waals surface area contributed by atoms with Crippen LogP contribution in [0.15, 0.2) is 24.3 Å². The fourth-order valence-corrected chi connectivity index (χ4v) is 1.92. The number of carbonyl (C=O) groups is 1. The number of amides is 1. The summed E-state index contributed by atoms with van der Waals surface area (Å²) in [6, 6.07) is 7.51. The van der Waals surface area contributed by atoms with Crippen LogP contribution in [0, 0.1) is 0 Å². The number of aliphatic hydroxyl groups is 1. The second-order valence-corrected chi connectivity index (χ2v) is 4.96. The predicted molar refractivity (Wildman–Crippen MR) is 82.0 cm³/mol. The third-order valence-corrected chi connectivity index (χ3v) is 3.15. The van der Waals surface area contributed by atoms with E-state index in [0.29, 0.717) is 31.8 Å². The Morgan fingerprint density at radius 2 is 2.19 bits per heavy atom. The first-order valence-corrected chi connectivity index (χ1v) is 7.04. The molecule has 1 aromatic carbocycles. The predicted octanol–water partition coefficient (Wildman–Crippen LogP) is -0.0471. The van der Waals surface area contributed by atoms with Gasteiger partial charge < -0.3 is 25.8 Å². The quantitative estimate of drug-likeness (QED) is 0.595. The van der Waals surface area contributed by atoms with Crippen molar-refractivity contribution in [3.05, 3.63) is 29.8 Å². The third-order valence-electron chi connectivity index (χ3n) is 3.15. The van der Waals surface area contributed by atoms with E-state index in [-0.39, 0.29) is 12.5 Å². The van der Waals surface area contributed by atoms with Crippen LogP contribution in [0.1, 0.15) is 12.0 Å². The Labute approximate surface area is 125 Å². The summed E-state index contributed by atoms with van der Waals surface area (Å²) in [5.74, 6) is 0.691. The Kier molecular flexibility index (Phi) is 7.74. The highest BCUT2D eigenvalue weighted by atomic mass is 16.5. The first kappa shape index (κ1) is 17.4. The van der Waals surface area contributed by atoms with Crippen molar-refractivity contribution in [1.82, 2.24) is 10.2 Å². The van der Waals surface area contributed by atoms with Crippen molar-refractivity contribution in [2.75, 3.05) is 33.8 Å². The van der Waals surface area contributed by atoms with Crippen molar-refractivity contribution in [3.8, 4) is 5.75 Å². The van der Waals surface area contributed by atoms with E-state index >= 15 is 0 Å². The molecule has 6 heteroatoms. The number of aliphatic hydroxyl groups excluding tert-OH is 1. The number of hydrogen-bond donors (Lipinski definition) is 3. The molecule has 4 N–H and O–H groups in total. The van der Waals surface area contributed by atoms with Gasteiger partial charge in [0.15, 0.2) is 0 Å². The zero-order chi connectivity index (χ0) is 15.7. The number of benzene rings is 1. The maximum atomic E-state index is 11.1. The second-order valence-electron chi connectivity index (χ2n) is 4.96. The Bertz CT molecular complexity index is 440. The van der Waals surface area contributed by atoms with E-state index in [2.05, 4.69) is 5.32 Å². The maximum Gasteiger partial charge on any atom is 0.221 e. The topological polar surface area (TPSA) is 87.8 Å². The van der Waals surface area contributed by atoms with Gasteiger partial charge in [-0.1, -0.05) is 18.2 Å². The van der Waals surface area contributed by atoms with E-state index in [1.54, 1.807) is 7.05 Å². The number of nitrogens with one attached hydrogen (secondary N) is 1. The van der Waals surface area contributed by atoms with Crippen LogP contribution in [-0.4, -0.2) is 55.8 Å². The van der Waals surface area contributed by atoms with Crippen molar-refractivity contribution in [1.29, 1.82) is 0 Å². The summed E-state index contributed by atoms with van der Waals surface area (Å²) in [6.45, 7) is 1.64. The summed E-state index contributed by atoms with van der Waals surface area (Å²) in [4.78, 5) is 13.0. The summed E-state index contributed by atoms with van der Waals surface area (Å²) in [7, 11) is 3.47. The lowest BCUT2D eigenvalue weighted by molar-refractivity contribution is -0.120. The molecule has 0 spiro atoms. The van der Waals surface area contributed by atoms with Gasteiger partial charge in [-0.25, -0.2) is 0 Å². The van der Waals surface area contributed by atoms with Crippen molar-refractivity contribution in [2.45, 2.75) is 19.1 Å². The summed E-state index contributed by atoms with van der Waals surface area (Å²) in [6.07, 6.45) is -0.207. The molecule has 21 heavy (non-hydrogen) atoms. The van der Waals surface area contributed by atoms with Crippen molar-refractivity contribution >= 4 is 5.91 Å². The number of nitrogens with two attached hydrogens (primary N) is 1. The van der Waals surface area contributed by atoms with Crippen LogP contribution in [0.2, 0.25) is 0 Å². The van der Waals surface area contributed by atoms with Crippen LogP contribution in [-0.2, 0) is 11.3 Å². The van der Waals surface area contributed by atoms with Gasteiger partial charge in [0, 0.05) is 38.7 Å². The van der Waals surface area contributed by atoms with Crippen LogP contribution in [0.3, 0.4) is 0 Å². The lowest BCUT2D eigenvalue weighted by atomic mass is 10.2. The van der Waals surface area contributed by atoms with Gasteiger partial charge in [0.25, 0.3) is 0 Å². The number of likely N-dealkylation sites (N-methyl/N-ethyl adjacent to an activating group) is 1. The van der Waals surface area contributed by atoms with E-state index in [9.17, 15) is 9.90 Å². The second kappa shape index (κ2) is 9.33. The van der Waals surface area contributed by atoms with Gasteiger partial charge >= 0.3 is 0 Å². The zero-order valence-electron chi connectivity index (χ0n) is 12.7. The van der Waals surface area contributed by atoms with Gasteiger partial charge in [-0.15, -0.1) is 0 Å². The highest BCUT2D eigenvalue weighted by Crippen LogP contribution is 2.17. The number of rotatable bonds is 9. The fraction of sp³-hybridized carbons (Fsp3) is 0.533. The van der Waals surface area contributed by atoms with Gasteiger partial charge in [0.2, 0.25) is 5.91 Å². The molecule has 1 aromatic rings. The minimum Gasteiger partial charge on any atom is -0.491 e.